The molecule has 0 fully saturated rings. The van der Waals surface area contributed by atoms with E-state index in [4.69, 9.17) is 0 Å². The van der Waals surface area contributed by atoms with E-state index in [0.29, 0.717) is 5.69 Å². The molecule has 0 spiro atoms. The van der Waals surface area contributed by atoms with E-state index in [1.54, 1.807) is 0 Å². The molecule has 0 aliphatic rings. The van der Waals surface area contributed by atoms with Gasteiger partial charge in [-0.1, -0.05) is 0 Å². The standard InChI is InChI=1S/C10H14N2O2/c1-6-7(2)9(4)11-10(8(6)3)5-12(13)14/h5H2,1-4H3. The van der Waals surface area contributed by atoms with Crippen LogP contribution < -0.4 is 0 Å². The predicted octanol–water partition coefficient (Wildman–Crippen LogP) is 2.09. The van der Waals surface area contributed by atoms with Crippen molar-refractivity contribution in [3.63, 3.8) is 0 Å². The van der Waals surface area contributed by atoms with Crippen molar-refractivity contribution in [2.24, 2.45) is 0 Å². The summed E-state index contributed by atoms with van der Waals surface area (Å²) in [6, 6.07) is 0. The second kappa shape index (κ2) is 3.74. The first kappa shape index (κ1) is 10.6. The third-order valence-electron chi connectivity index (χ3n) is 2.68. The van der Waals surface area contributed by atoms with Gasteiger partial charge in [0.15, 0.2) is 0 Å². The summed E-state index contributed by atoms with van der Waals surface area (Å²) in [6.07, 6.45) is 0. The molecule has 0 amide bonds. The van der Waals surface area contributed by atoms with E-state index in [9.17, 15) is 10.1 Å². The number of aryl methyl sites for hydroxylation is 1. The third-order valence-corrected chi connectivity index (χ3v) is 2.68. The molecular weight excluding hydrogens is 180 g/mol. The molecule has 0 saturated carbocycles. The lowest BCUT2D eigenvalue weighted by Crippen LogP contribution is -2.07. The second-order valence-electron chi connectivity index (χ2n) is 3.51. The molecule has 0 radical (unpaired) electrons. The zero-order valence-electron chi connectivity index (χ0n) is 8.92. The molecule has 76 valence electrons. The number of nitro groups is 1. The summed E-state index contributed by atoms with van der Waals surface area (Å²) in [7, 11) is 0. The fraction of sp³-hybridized carbons (Fsp3) is 0.500. The van der Waals surface area contributed by atoms with Gasteiger partial charge in [0.05, 0.1) is 0 Å². The zero-order chi connectivity index (χ0) is 10.9. The van der Waals surface area contributed by atoms with Crippen LogP contribution in [-0.4, -0.2) is 9.91 Å². The van der Waals surface area contributed by atoms with E-state index in [0.717, 1.165) is 22.4 Å². The Balaban J connectivity index is 3.25. The molecule has 14 heavy (non-hydrogen) atoms. The van der Waals surface area contributed by atoms with Crippen molar-refractivity contribution in [3.05, 3.63) is 38.2 Å². The molecule has 1 aromatic rings. The Morgan fingerprint density at radius 2 is 1.71 bits per heavy atom. The molecule has 4 nitrogen and oxygen atoms in total. The van der Waals surface area contributed by atoms with Crippen LogP contribution >= 0.6 is 0 Å². The molecule has 4 heteroatoms. The average Bonchev–Trinajstić information content (AvgIpc) is 2.10. The number of nitrogens with zero attached hydrogens (tertiary/aromatic N) is 2. The van der Waals surface area contributed by atoms with Crippen molar-refractivity contribution >= 4 is 0 Å². The second-order valence-corrected chi connectivity index (χ2v) is 3.51. The fourth-order valence-electron chi connectivity index (χ4n) is 1.42. The minimum atomic E-state index is -0.344. The molecule has 0 aliphatic heterocycles. The number of hydrogen-bond acceptors (Lipinski definition) is 3. The molecule has 1 rings (SSSR count). The van der Waals surface area contributed by atoms with E-state index in [2.05, 4.69) is 4.98 Å². The first-order valence-corrected chi connectivity index (χ1v) is 4.48. The summed E-state index contributed by atoms with van der Waals surface area (Å²) < 4.78 is 0. The first-order chi connectivity index (χ1) is 6.43. The third kappa shape index (κ3) is 1.89. The van der Waals surface area contributed by atoms with Gasteiger partial charge in [0.2, 0.25) is 6.54 Å². The Bertz CT molecular complexity index is 386. The molecule has 0 aliphatic carbocycles. The van der Waals surface area contributed by atoms with Gasteiger partial charge in [-0.25, -0.2) is 0 Å². The van der Waals surface area contributed by atoms with E-state index in [-0.39, 0.29) is 11.5 Å². The van der Waals surface area contributed by atoms with Crippen molar-refractivity contribution in [1.29, 1.82) is 0 Å². The van der Waals surface area contributed by atoms with Gasteiger partial charge in [0, 0.05) is 10.6 Å². The molecular formula is C10H14N2O2. The van der Waals surface area contributed by atoms with Gasteiger partial charge in [0.25, 0.3) is 0 Å². The highest BCUT2D eigenvalue weighted by Crippen LogP contribution is 2.18. The van der Waals surface area contributed by atoms with E-state index in [1.807, 2.05) is 27.7 Å². The van der Waals surface area contributed by atoms with Crippen molar-refractivity contribution in [3.8, 4) is 0 Å². The molecule has 1 aromatic heterocycles. The number of pyridine rings is 1. The number of hydrogen-bond donors (Lipinski definition) is 0. The largest absolute Gasteiger partial charge is 0.264 e. The van der Waals surface area contributed by atoms with Crippen LogP contribution in [0, 0.1) is 37.8 Å². The topological polar surface area (TPSA) is 56.0 Å². The molecule has 0 atom stereocenters. The normalized spacial score (nSPS) is 10.3. The summed E-state index contributed by atoms with van der Waals surface area (Å²) >= 11 is 0. The van der Waals surface area contributed by atoms with Crippen molar-refractivity contribution in [1.82, 2.24) is 4.98 Å². The Hall–Kier alpha value is -1.45. The monoisotopic (exact) mass is 194 g/mol. The van der Waals surface area contributed by atoms with Crippen LogP contribution in [0.3, 0.4) is 0 Å². The van der Waals surface area contributed by atoms with Gasteiger partial charge in [-0.3, -0.25) is 15.1 Å². The van der Waals surface area contributed by atoms with Crippen LogP contribution in [0.2, 0.25) is 0 Å². The Labute approximate surface area is 83.1 Å². The molecule has 1 heterocycles. The van der Waals surface area contributed by atoms with E-state index in [1.165, 1.54) is 0 Å². The number of aromatic nitrogens is 1. The van der Waals surface area contributed by atoms with Crippen molar-refractivity contribution in [2.75, 3.05) is 0 Å². The Morgan fingerprint density at radius 3 is 2.21 bits per heavy atom. The van der Waals surface area contributed by atoms with Gasteiger partial charge in [-0.2, -0.15) is 0 Å². The van der Waals surface area contributed by atoms with Crippen LogP contribution in [0.4, 0.5) is 0 Å². The van der Waals surface area contributed by atoms with E-state index >= 15 is 0 Å². The lowest BCUT2D eigenvalue weighted by atomic mass is 10.0. The lowest BCUT2D eigenvalue weighted by Gasteiger charge is -2.10. The quantitative estimate of drug-likeness (QED) is 0.535. The van der Waals surface area contributed by atoms with Gasteiger partial charge < -0.3 is 0 Å². The van der Waals surface area contributed by atoms with Gasteiger partial charge in [0.1, 0.15) is 5.69 Å². The Kier molecular flexibility index (Phi) is 2.84. The molecule has 0 saturated heterocycles. The smallest absolute Gasteiger partial charge is 0.245 e. The highest BCUT2D eigenvalue weighted by Gasteiger charge is 2.12. The summed E-state index contributed by atoms with van der Waals surface area (Å²) in [5.74, 6) is 0. The van der Waals surface area contributed by atoms with Crippen molar-refractivity contribution in [2.45, 2.75) is 34.2 Å². The highest BCUT2D eigenvalue weighted by atomic mass is 16.6. The highest BCUT2D eigenvalue weighted by molar-refractivity contribution is 5.37. The molecule has 0 unspecified atom stereocenters. The summed E-state index contributed by atoms with van der Waals surface area (Å²) in [5, 5.41) is 10.4. The van der Waals surface area contributed by atoms with Crippen molar-refractivity contribution < 1.29 is 4.92 Å². The van der Waals surface area contributed by atoms with Gasteiger partial charge >= 0.3 is 0 Å². The van der Waals surface area contributed by atoms with Crippen LogP contribution in [0.1, 0.15) is 28.1 Å². The number of rotatable bonds is 2. The van der Waals surface area contributed by atoms with Crippen LogP contribution in [0.25, 0.3) is 0 Å². The minimum absolute atomic E-state index is 0.187. The maximum Gasteiger partial charge on any atom is 0.245 e. The average molecular weight is 194 g/mol. The first-order valence-electron chi connectivity index (χ1n) is 4.48. The zero-order valence-corrected chi connectivity index (χ0v) is 8.92. The van der Waals surface area contributed by atoms with Gasteiger partial charge in [-0.05, 0) is 44.4 Å². The molecule has 0 aromatic carbocycles. The lowest BCUT2D eigenvalue weighted by molar-refractivity contribution is -0.497. The Morgan fingerprint density at radius 1 is 1.14 bits per heavy atom. The minimum Gasteiger partial charge on any atom is -0.264 e. The van der Waals surface area contributed by atoms with Crippen LogP contribution in [0.5, 0.6) is 0 Å². The predicted molar refractivity (Wildman–Crippen MR) is 53.9 cm³/mol. The van der Waals surface area contributed by atoms with Gasteiger partial charge in [-0.15, -0.1) is 0 Å². The molecule has 0 bridgehead atoms. The van der Waals surface area contributed by atoms with Crippen LogP contribution in [0.15, 0.2) is 0 Å². The van der Waals surface area contributed by atoms with E-state index < -0.39 is 0 Å². The fourth-order valence-corrected chi connectivity index (χ4v) is 1.42. The SMILES string of the molecule is Cc1nc(C[N+](=O)[O-])c(C)c(C)c1C. The molecule has 0 N–H and O–H groups in total. The summed E-state index contributed by atoms with van der Waals surface area (Å²) in [5.41, 5.74) is 4.62. The summed E-state index contributed by atoms with van der Waals surface area (Å²) in [6.45, 7) is 7.54. The maximum atomic E-state index is 10.4. The maximum absolute atomic E-state index is 10.4. The summed E-state index contributed by atoms with van der Waals surface area (Å²) in [4.78, 5) is 14.3. The van der Waals surface area contributed by atoms with Crippen LogP contribution in [-0.2, 0) is 6.54 Å².